The van der Waals surface area contributed by atoms with Gasteiger partial charge in [0, 0.05) is 5.02 Å². The number of sulfonamides is 1. The first-order valence-electron chi connectivity index (χ1n) is 10.3. The smallest absolute Gasteiger partial charge is 0.263 e. The van der Waals surface area contributed by atoms with Crippen LogP contribution in [0.4, 0.5) is 5.69 Å². The normalized spacial score (nSPS) is 16.5. The number of carbonyl (C=O) groups is 1. The van der Waals surface area contributed by atoms with E-state index in [0.717, 1.165) is 16.1 Å². The topological polar surface area (TPSA) is 94.2 Å². The highest BCUT2D eigenvalue weighted by Gasteiger charge is 2.35. The van der Waals surface area contributed by atoms with Crippen molar-refractivity contribution in [1.82, 2.24) is 5.32 Å². The molecule has 0 saturated carbocycles. The quantitative estimate of drug-likeness (QED) is 0.618. The molecular weight excluding hydrogens is 456 g/mol. The van der Waals surface area contributed by atoms with E-state index in [1.165, 1.54) is 6.07 Å². The van der Waals surface area contributed by atoms with Crippen LogP contribution in [0.25, 0.3) is 0 Å². The van der Waals surface area contributed by atoms with Crippen LogP contribution in [-0.4, -0.2) is 46.4 Å². The summed E-state index contributed by atoms with van der Waals surface area (Å²) in [5, 5.41) is 3.27. The molecule has 1 aliphatic rings. The SMILES string of the molecule is CCOc1ccc([C@@H](C)NC(=O)[C@H]2CN(S(C)(=O)=O)c3cc(Cl)ccc3O2)cc1OCC. The number of amides is 1. The number of anilines is 1. The van der Waals surface area contributed by atoms with Crippen LogP contribution < -0.4 is 23.8 Å². The van der Waals surface area contributed by atoms with Gasteiger partial charge in [0.15, 0.2) is 17.6 Å². The van der Waals surface area contributed by atoms with Crippen LogP contribution in [0.2, 0.25) is 5.02 Å². The molecule has 1 amide bonds. The van der Waals surface area contributed by atoms with Crippen LogP contribution in [0.15, 0.2) is 36.4 Å². The molecule has 0 radical (unpaired) electrons. The van der Waals surface area contributed by atoms with E-state index in [2.05, 4.69) is 5.32 Å². The molecule has 174 valence electrons. The zero-order valence-corrected chi connectivity index (χ0v) is 20.0. The van der Waals surface area contributed by atoms with E-state index >= 15 is 0 Å². The van der Waals surface area contributed by atoms with Crippen molar-refractivity contribution in [2.75, 3.05) is 30.3 Å². The van der Waals surface area contributed by atoms with E-state index in [4.69, 9.17) is 25.8 Å². The van der Waals surface area contributed by atoms with E-state index in [0.29, 0.717) is 35.4 Å². The van der Waals surface area contributed by atoms with Gasteiger partial charge in [0.1, 0.15) is 5.75 Å². The fourth-order valence-electron chi connectivity index (χ4n) is 3.40. The number of rotatable bonds is 8. The summed E-state index contributed by atoms with van der Waals surface area (Å²) in [4.78, 5) is 13.0. The van der Waals surface area contributed by atoms with Crippen molar-refractivity contribution in [1.29, 1.82) is 0 Å². The van der Waals surface area contributed by atoms with E-state index in [1.54, 1.807) is 18.2 Å². The van der Waals surface area contributed by atoms with Gasteiger partial charge < -0.3 is 19.5 Å². The zero-order valence-electron chi connectivity index (χ0n) is 18.4. The highest BCUT2D eigenvalue weighted by Crippen LogP contribution is 2.37. The first-order chi connectivity index (χ1) is 15.1. The van der Waals surface area contributed by atoms with Gasteiger partial charge in [0.25, 0.3) is 5.91 Å². The third-order valence-electron chi connectivity index (χ3n) is 4.91. The third-order valence-corrected chi connectivity index (χ3v) is 6.29. The minimum Gasteiger partial charge on any atom is -0.490 e. The second-order valence-corrected chi connectivity index (χ2v) is 9.66. The predicted molar refractivity (Wildman–Crippen MR) is 123 cm³/mol. The molecule has 1 aliphatic heterocycles. The van der Waals surface area contributed by atoms with Gasteiger partial charge >= 0.3 is 0 Å². The van der Waals surface area contributed by atoms with Crippen molar-refractivity contribution in [3.63, 3.8) is 0 Å². The van der Waals surface area contributed by atoms with Gasteiger partial charge in [0.2, 0.25) is 10.0 Å². The summed E-state index contributed by atoms with van der Waals surface area (Å²) in [5.41, 5.74) is 1.12. The number of benzene rings is 2. The summed E-state index contributed by atoms with van der Waals surface area (Å²) in [6, 6.07) is 9.73. The fourth-order valence-corrected chi connectivity index (χ4v) is 4.47. The highest BCUT2D eigenvalue weighted by molar-refractivity contribution is 7.92. The molecule has 0 spiro atoms. The molecule has 1 heterocycles. The zero-order chi connectivity index (χ0) is 23.5. The van der Waals surface area contributed by atoms with E-state index in [9.17, 15) is 13.2 Å². The van der Waals surface area contributed by atoms with Gasteiger partial charge in [0.05, 0.1) is 37.7 Å². The standard InChI is InChI=1S/C22H27ClN2O6S/c1-5-29-19-9-7-15(11-20(19)30-6-2)14(3)24-22(26)21-13-25(32(4,27)28)17-12-16(23)8-10-18(17)31-21/h7-12,14,21H,5-6,13H2,1-4H3,(H,24,26)/t14-,21-/m1/s1. The number of hydrogen-bond donors (Lipinski definition) is 1. The Kier molecular flexibility index (Phi) is 7.40. The van der Waals surface area contributed by atoms with Crippen LogP contribution >= 0.6 is 11.6 Å². The minimum absolute atomic E-state index is 0.155. The van der Waals surface area contributed by atoms with Crippen molar-refractivity contribution in [2.24, 2.45) is 0 Å². The first-order valence-corrected chi connectivity index (χ1v) is 12.5. The van der Waals surface area contributed by atoms with Gasteiger partial charge in [-0.25, -0.2) is 8.42 Å². The third kappa shape index (κ3) is 5.39. The summed E-state index contributed by atoms with van der Waals surface area (Å²) >= 11 is 6.02. The predicted octanol–water partition coefficient (Wildman–Crippen LogP) is 3.54. The number of nitrogens with one attached hydrogen (secondary N) is 1. The summed E-state index contributed by atoms with van der Waals surface area (Å²) in [7, 11) is -3.64. The average molecular weight is 483 g/mol. The Labute approximate surface area is 193 Å². The molecule has 0 aliphatic carbocycles. The van der Waals surface area contributed by atoms with E-state index in [1.807, 2.05) is 32.9 Å². The maximum Gasteiger partial charge on any atom is 0.263 e. The Morgan fingerprint density at radius 1 is 1.19 bits per heavy atom. The monoisotopic (exact) mass is 482 g/mol. The molecule has 32 heavy (non-hydrogen) atoms. The lowest BCUT2D eigenvalue weighted by Gasteiger charge is -2.34. The molecule has 0 saturated heterocycles. The van der Waals surface area contributed by atoms with Crippen molar-refractivity contribution in [3.8, 4) is 17.2 Å². The maximum atomic E-state index is 13.0. The minimum atomic E-state index is -3.64. The lowest BCUT2D eigenvalue weighted by molar-refractivity contribution is -0.128. The van der Waals surface area contributed by atoms with Crippen LogP contribution in [-0.2, 0) is 14.8 Å². The molecule has 2 atom stereocenters. The molecule has 0 bridgehead atoms. The van der Waals surface area contributed by atoms with E-state index in [-0.39, 0.29) is 18.3 Å². The lowest BCUT2D eigenvalue weighted by Crippen LogP contribution is -2.50. The van der Waals surface area contributed by atoms with Crippen molar-refractivity contribution in [2.45, 2.75) is 32.9 Å². The average Bonchev–Trinajstić information content (AvgIpc) is 2.73. The number of carbonyl (C=O) groups excluding carboxylic acids is 1. The summed E-state index contributed by atoms with van der Waals surface area (Å²) in [5.74, 6) is 1.07. The van der Waals surface area contributed by atoms with Gasteiger partial charge in [-0.05, 0) is 56.7 Å². The van der Waals surface area contributed by atoms with Gasteiger partial charge in [-0.3, -0.25) is 9.10 Å². The molecule has 0 fully saturated rings. The number of ether oxygens (including phenoxy) is 3. The highest BCUT2D eigenvalue weighted by atomic mass is 35.5. The fraction of sp³-hybridized carbons (Fsp3) is 0.409. The number of hydrogen-bond acceptors (Lipinski definition) is 6. The maximum absolute atomic E-state index is 13.0. The molecule has 0 aromatic heterocycles. The Bertz CT molecular complexity index is 1090. The van der Waals surface area contributed by atoms with Crippen LogP contribution in [0.1, 0.15) is 32.4 Å². The van der Waals surface area contributed by atoms with Crippen molar-refractivity contribution in [3.05, 3.63) is 47.0 Å². The van der Waals surface area contributed by atoms with Gasteiger partial charge in [-0.1, -0.05) is 17.7 Å². The summed E-state index contributed by atoms with van der Waals surface area (Å²) in [6.45, 7) is 6.43. The number of fused-ring (bicyclic) bond motifs is 1. The lowest BCUT2D eigenvalue weighted by atomic mass is 10.1. The Morgan fingerprint density at radius 3 is 2.53 bits per heavy atom. The molecule has 0 unspecified atom stereocenters. The molecule has 2 aromatic carbocycles. The molecular formula is C22H27ClN2O6S. The van der Waals surface area contributed by atoms with Gasteiger partial charge in [-0.15, -0.1) is 0 Å². The Hall–Kier alpha value is -2.65. The second-order valence-electron chi connectivity index (χ2n) is 7.32. The molecule has 10 heteroatoms. The number of nitrogens with zero attached hydrogens (tertiary/aromatic N) is 1. The van der Waals surface area contributed by atoms with Crippen molar-refractivity contribution >= 4 is 33.2 Å². The summed E-state index contributed by atoms with van der Waals surface area (Å²) < 4.78 is 42.8. The van der Waals surface area contributed by atoms with Gasteiger partial charge in [-0.2, -0.15) is 0 Å². The Morgan fingerprint density at radius 2 is 1.88 bits per heavy atom. The molecule has 3 rings (SSSR count). The Balaban J connectivity index is 1.79. The van der Waals surface area contributed by atoms with Crippen LogP contribution in [0.5, 0.6) is 17.2 Å². The van der Waals surface area contributed by atoms with E-state index < -0.39 is 22.0 Å². The van der Waals surface area contributed by atoms with Crippen LogP contribution in [0.3, 0.4) is 0 Å². The van der Waals surface area contributed by atoms with Crippen LogP contribution in [0, 0.1) is 0 Å². The number of halogens is 1. The van der Waals surface area contributed by atoms with Crippen molar-refractivity contribution < 1.29 is 27.4 Å². The second kappa shape index (κ2) is 9.87. The molecule has 2 aromatic rings. The molecule has 1 N–H and O–H groups in total. The summed E-state index contributed by atoms with van der Waals surface area (Å²) in [6.07, 6.45) is 0.0605. The molecule has 8 nitrogen and oxygen atoms in total. The largest absolute Gasteiger partial charge is 0.490 e. The first kappa shape index (κ1) is 24.0.